The lowest BCUT2D eigenvalue weighted by atomic mass is 10.1. The molecule has 2 rings (SSSR count). The van der Waals surface area contributed by atoms with Gasteiger partial charge in [0.25, 0.3) is 0 Å². The summed E-state index contributed by atoms with van der Waals surface area (Å²) in [4.78, 5) is 4.33. The number of nitrogens with zero attached hydrogens (tertiary/aromatic N) is 1. The van der Waals surface area contributed by atoms with Crippen LogP contribution < -0.4 is 5.32 Å². The number of nitrogens with one attached hydrogen (secondary N) is 1. The van der Waals surface area contributed by atoms with Crippen LogP contribution in [0.15, 0.2) is 28.8 Å². The second-order valence-electron chi connectivity index (χ2n) is 5.43. The maximum absolute atomic E-state index is 6.03. The molecule has 0 fully saturated rings. The summed E-state index contributed by atoms with van der Waals surface area (Å²) in [5, 5.41) is 4.09. The monoisotopic (exact) mass is 292 g/mol. The second kappa shape index (κ2) is 6.91. The van der Waals surface area contributed by atoms with Crippen LogP contribution in [0.25, 0.3) is 11.3 Å². The van der Waals surface area contributed by atoms with Gasteiger partial charge >= 0.3 is 0 Å². The molecule has 1 heterocycles. The van der Waals surface area contributed by atoms with Crippen LogP contribution in [0.5, 0.6) is 0 Å². The van der Waals surface area contributed by atoms with E-state index in [1.165, 1.54) is 0 Å². The molecule has 0 spiro atoms. The van der Waals surface area contributed by atoms with Gasteiger partial charge in [0.1, 0.15) is 0 Å². The number of aromatic nitrogens is 1. The highest BCUT2D eigenvalue weighted by Gasteiger charge is 2.09. The molecule has 1 aromatic heterocycles. The van der Waals surface area contributed by atoms with Crippen molar-refractivity contribution in [1.82, 2.24) is 10.3 Å². The van der Waals surface area contributed by atoms with E-state index in [0.29, 0.717) is 10.9 Å². The summed E-state index contributed by atoms with van der Waals surface area (Å²) >= 11 is 6.03. The van der Waals surface area contributed by atoms with Crippen molar-refractivity contribution in [2.45, 2.75) is 27.2 Å². The Hall–Kier alpha value is -1.32. The minimum Gasteiger partial charge on any atom is -0.441 e. The molecular formula is C16H21ClN2O. The highest BCUT2D eigenvalue weighted by Crippen LogP contribution is 2.27. The first-order valence-corrected chi connectivity index (χ1v) is 7.36. The highest BCUT2D eigenvalue weighted by atomic mass is 35.5. The first-order valence-electron chi connectivity index (χ1n) is 6.98. The Balaban J connectivity index is 2.00. The number of hydrogen-bond donors (Lipinski definition) is 1. The predicted molar refractivity (Wildman–Crippen MR) is 83.1 cm³/mol. The summed E-state index contributed by atoms with van der Waals surface area (Å²) < 4.78 is 5.80. The summed E-state index contributed by atoms with van der Waals surface area (Å²) in [7, 11) is 0. The first kappa shape index (κ1) is 15.1. The molecule has 0 saturated carbocycles. The molecule has 0 saturated heterocycles. The third kappa shape index (κ3) is 4.09. The Morgan fingerprint density at radius 1 is 1.35 bits per heavy atom. The molecule has 1 aromatic carbocycles. The predicted octanol–water partition coefficient (Wildman–Crippen LogP) is 4.09. The van der Waals surface area contributed by atoms with E-state index in [0.717, 1.165) is 42.3 Å². The molecule has 3 nitrogen and oxygen atoms in total. The molecule has 0 unspecified atom stereocenters. The van der Waals surface area contributed by atoms with Gasteiger partial charge in [-0.05, 0) is 37.1 Å². The third-order valence-electron chi connectivity index (χ3n) is 3.09. The zero-order chi connectivity index (χ0) is 14.5. The normalized spacial score (nSPS) is 11.2. The van der Waals surface area contributed by atoms with Crippen molar-refractivity contribution < 1.29 is 4.42 Å². The lowest BCUT2D eigenvalue weighted by Gasteiger charge is -2.05. The van der Waals surface area contributed by atoms with Crippen molar-refractivity contribution >= 4 is 11.6 Å². The number of halogens is 1. The van der Waals surface area contributed by atoms with Gasteiger partial charge in [-0.15, -0.1) is 0 Å². The summed E-state index contributed by atoms with van der Waals surface area (Å²) in [6, 6.07) is 5.79. The Morgan fingerprint density at radius 3 is 2.90 bits per heavy atom. The van der Waals surface area contributed by atoms with Crippen molar-refractivity contribution in [3.63, 3.8) is 0 Å². The average Bonchev–Trinajstić information content (AvgIpc) is 2.86. The molecule has 0 radical (unpaired) electrons. The fourth-order valence-electron chi connectivity index (χ4n) is 2.00. The SMILES string of the molecule is Cc1ccc(Cl)cc1-c1cnc(CCNCC(C)C)o1. The van der Waals surface area contributed by atoms with Crippen molar-refractivity contribution in [2.75, 3.05) is 13.1 Å². The molecule has 0 atom stereocenters. The van der Waals surface area contributed by atoms with Crippen LogP contribution >= 0.6 is 11.6 Å². The third-order valence-corrected chi connectivity index (χ3v) is 3.32. The fraction of sp³-hybridized carbons (Fsp3) is 0.438. The minimum atomic E-state index is 0.657. The topological polar surface area (TPSA) is 38.1 Å². The first-order chi connectivity index (χ1) is 9.56. The van der Waals surface area contributed by atoms with Crippen molar-refractivity contribution in [2.24, 2.45) is 5.92 Å². The van der Waals surface area contributed by atoms with Crippen LogP contribution in [0.3, 0.4) is 0 Å². The van der Waals surface area contributed by atoms with Crippen molar-refractivity contribution in [3.8, 4) is 11.3 Å². The Kier molecular flexibility index (Phi) is 5.21. The maximum Gasteiger partial charge on any atom is 0.196 e. The Bertz CT molecular complexity index is 563. The van der Waals surface area contributed by atoms with Crippen molar-refractivity contribution in [1.29, 1.82) is 0 Å². The molecule has 0 bridgehead atoms. The molecular weight excluding hydrogens is 272 g/mol. The number of oxazole rings is 1. The smallest absolute Gasteiger partial charge is 0.196 e. The summed E-state index contributed by atoms with van der Waals surface area (Å²) in [6.45, 7) is 8.32. The van der Waals surface area contributed by atoms with Gasteiger partial charge < -0.3 is 9.73 Å². The summed E-state index contributed by atoms with van der Waals surface area (Å²) in [5.74, 6) is 2.20. The van der Waals surface area contributed by atoms with Gasteiger partial charge in [-0.2, -0.15) is 0 Å². The van der Waals surface area contributed by atoms with Gasteiger partial charge in [0.2, 0.25) is 0 Å². The number of aryl methyl sites for hydroxylation is 1. The van der Waals surface area contributed by atoms with Crippen LogP contribution in [0.2, 0.25) is 5.02 Å². The minimum absolute atomic E-state index is 0.657. The van der Waals surface area contributed by atoms with Crippen LogP contribution in [0, 0.1) is 12.8 Å². The molecule has 20 heavy (non-hydrogen) atoms. The van der Waals surface area contributed by atoms with Gasteiger partial charge in [0.05, 0.1) is 6.20 Å². The molecule has 108 valence electrons. The number of benzene rings is 1. The zero-order valence-electron chi connectivity index (χ0n) is 12.2. The van der Waals surface area contributed by atoms with E-state index in [1.807, 2.05) is 25.1 Å². The van der Waals surface area contributed by atoms with Gasteiger partial charge in [-0.1, -0.05) is 31.5 Å². The van der Waals surface area contributed by atoms with Gasteiger partial charge in [0.15, 0.2) is 11.7 Å². The van der Waals surface area contributed by atoms with E-state index in [1.54, 1.807) is 6.20 Å². The number of rotatable bonds is 6. The van der Waals surface area contributed by atoms with E-state index in [9.17, 15) is 0 Å². The van der Waals surface area contributed by atoms with Crippen LogP contribution in [0.4, 0.5) is 0 Å². The molecule has 4 heteroatoms. The fourth-order valence-corrected chi connectivity index (χ4v) is 2.17. The zero-order valence-corrected chi connectivity index (χ0v) is 13.0. The van der Waals surface area contributed by atoms with Gasteiger partial charge in [-0.25, -0.2) is 4.98 Å². The molecule has 1 N–H and O–H groups in total. The van der Waals surface area contributed by atoms with E-state index < -0.39 is 0 Å². The summed E-state index contributed by atoms with van der Waals surface area (Å²) in [5.41, 5.74) is 2.14. The standard InChI is InChI=1S/C16H21ClN2O/c1-11(2)9-18-7-6-16-19-10-15(20-16)14-8-13(17)5-4-12(14)3/h4-5,8,10-11,18H,6-7,9H2,1-3H3. The average molecular weight is 293 g/mol. The van der Waals surface area contributed by atoms with E-state index >= 15 is 0 Å². The molecule has 0 aliphatic carbocycles. The van der Waals surface area contributed by atoms with Gasteiger partial charge in [-0.3, -0.25) is 0 Å². The van der Waals surface area contributed by atoms with E-state index in [4.69, 9.17) is 16.0 Å². The maximum atomic E-state index is 6.03. The highest BCUT2D eigenvalue weighted by molar-refractivity contribution is 6.30. The molecule has 0 aliphatic heterocycles. The quantitative estimate of drug-likeness (QED) is 0.815. The molecule has 0 amide bonds. The summed E-state index contributed by atoms with van der Waals surface area (Å²) in [6.07, 6.45) is 2.57. The van der Waals surface area contributed by atoms with Crippen LogP contribution in [0.1, 0.15) is 25.3 Å². The lowest BCUT2D eigenvalue weighted by Crippen LogP contribution is -2.22. The van der Waals surface area contributed by atoms with Crippen LogP contribution in [-0.4, -0.2) is 18.1 Å². The van der Waals surface area contributed by atoms with Crippen LogP contribution in [-0.2, 0) is 6.42 Å². The van der Waals surface area contributed by atoms with Crippen molar-refractivity contribution in [3.05, 3.63) is 40.9 Å². The van der Waals surface area contributed by atoms with E-state index in [2.05, 4.69) is 24.1 Å². The van der Waals surface area contributed by atoms with Gasteiger partial charge in [0, 0.05) is 23.6 Å². The Morgan fingerprint density at radius 2 is 2.15 bits per heavy atom. The molecule has 2 aromatic rings. The lowest BCUT2D eigenvalue weighted by molar-refractivity contribution is 0.483. The second-order valence-corrected chi connectivity index (χ2v) is 5.86. The largest absolute Gasteiger partial charge is 0.441 e. The Labute approximate surface area is 125 Å². The van der Waals surface area contributed by atoms with E-state index in [-0.39, 0.29) is 0 Å². The molecule has 0 aliphatic rings. The number of hydrogen-bond acceptors (Lipinski definition) is 3.